The summed E-state index contributed by atoms with van der Waals surface area (Å²) in [5.74, 6) is 0. The normalized spacial score (nSPS) is 11.9. The second-order valence-corrected chi connectivity index (χ2v) is 5.82. The first-order chi connectivity index (χ1) is 9.04. The molecule has 2 amide bonds. The number of nitrogens with two attached hydrogens (primary N) is 1. The van der Waals surface area contributed by atoms with Crippen molar-refractivity contribution in [2.24, 2.45) is 5.73 Å². The van der Waals surface area contributed by atoms with Crippen LogP contribution in [0, 0.1) is 0 Å². The molecule has 0 saturated carbocycles. The van der Waals surface area contributed by atoms with Crippen LogP contribution >= 0.6 is 22.9 Å². The van der Waals surface area contributed by atoms with Gasteiger partial charge in [0.1, 0.15) is 0 Å². The molecule has 2 rings (SSSR count). The lowest BCUT2D eigenvalue weighted by atomic mass is 10.2. The number of rotatable bonds is 4. The second kappa shape index (κ2) is 5.95. The summed E-state index contributed by atoms with van der Waals surface area (Å²) in [4.78, 5) is 12.0. The Morgan fingerprint density at radius 3 is 2.68 bits per heavy atom. The maximum absolute atomic E-state index is 10.8. The molecule has 1 heterocycles. The highest BCUT2D eigenvalue weighted by Crippen LogP contribution is 2.29. The molecule has 0 aliphatic rings. The molecule has 0 radical (unpaired) electrons. The van der Waals surface area contributed by atoms with Gasteiger partial charge in [0.05, 0.1) is 10.4 Å². The fourth-order valence-corrected chi connectivity index (χ4v) is 2.77. The van der Waals surface area contributed by atoms with E-state index >= 15 is 0 Å². The summed E-state index contributed by atoms with van der Waals surface area (Å²) in [6, 6.07) is 10.8. The summed E-state index contributed by atoms with van der Waals surface area (Å²) in [5, 5.41) is 5.89. The molecule has 1 unspecified atom stereocenters. The zero-order chi connectivity index (χ0) is 13.8. The van der Waals surface area contributed by atoms with Crippen molar-refractivity contribution in [2.45, 2.75) is 13.0 Å². The molecule has 4 nitrogen and oxygen atoms in total. The van der Waals surface area contributed by atoms with Crippen LogP contribution in [0.1, 0.15) is 17.8 Å². The zero-order valence-electron chi connectivity index (χ0n) is 10.3. The Hall–Kier alpha value is -1.72. The van der Waals surface area contributed by atoms with Crippen molar-refractivity contribution in [1.29, 1.82) is 0 Å². The van der Waals surface area contributed by atoms with Gasteiger partial charge < -0.3 is 16.4 Å². The van der Waals surface area contributed by atoms with E-state index in [0.29, 0.717) is 5.69 Å². The van der Waals surface area contributed by atoms with Gasteiger partial charge in [-0.25, -0.2) is 4.79 Å². The number of hydrogen-bond acceptors (Lipinski definition) is 3. The van der Waals surface area contributed by atoms with Crippen LogP contribution in [0.15, 0.2) is 36.4 Å². The molecule has 100 valence electrons. The number of carbonyl (C=O) groups excluding carboxylic acids is 1. The Labute approximate surface area is 120 Å². The molecule has 0 spiro atoms. The lowest BCUT2D eigenvalue weighted by molar-refractivity contribution is 0.259. The van der Waals surface area contributed by atoms with Gasteiger partial charge >= 0.3 is 6.03 Å². The van der Waals surface area contributed by atoms with E-state index in [9.17, 15) is 4.79 Å². The Morgan fingerprint density at radius 1 is 1.32 bits per heavy atom. The third-order valence-electron chi connectivity index (χ3n) is 2.53. The topological polar surface area (TPSA) is 67.2 Å². The number of primary amides is 1. The standard InChI is InChI=1S/C13H14ClN3OS/c1-8(11-5-6-12(14)19-11)16-9-3-2-4-10(7-9)17-13(15)18/h2-8,16H,1H3,(H3,15,17,18). The lowest BCUT2D eigenvalue weighted by Gasteiger charge is -2.14. The van der Waals surface area contributed by atoms with Crippen molar-refractivity contribution in [3.63, 3.8) is 0 Å². The average molecular weight is 296 g/mol. The van der Waals surface area contributed by atoms with E-state index < -0.39 is 6.03 Å². The Bertz CT molecular complexity index is 585. The predicted molar refractivity (Wildman–Crippen MR) is 81.0 cm³/mol. The highest BCUT2D eigenvalue weighted by Gasteiger charge is 2.08. The largest absolute Gasteiger partial charge is 0.378 e. The molecule has 0 fully saturated rings. The maximum Gasteiger partial charge on any atom is 0.316 e. The van der Waals surface area contributed by atoms with Crippen LogP contribution in [0.3, 0.4) is 0 Å². The molecule has 2 aromatic rings. The van der Waals surface area contributed by atoms with Gasteiger partial charge in [0.25, 0.3) is 0 Å². The number of hydrogen-bond donors (Lipinski definition) is 3. The lowest BCUT2D eigenvalue weighted by Crippen LogP contribution is -2.19. The van der Waals surface area contributed by atoms with Crippen molar-refractivity contribution >= 4 is 40.3 Å². The smallest absolute Gasteiger partial charge is 0.316 e. The molecular weight excluding hydrogens is 282 g/mol. The minimum atomic E-state index is -0.574. The molecule has 0 bridgehead atoms. The third-order valence-corrected chi connectivity index (χ3v) is 3.95. The van der Waals surface area contributed by atoms with Crippen LogP contribution in [0.4, 0.5) is 16.2 Å². The van der Waals surface area contributed by atoms with Crippen LogP contribution < -0.4 is 16.4 Å². The van der Waals surface area contributed by atoms with Gasteiger partial charge in [0, 0.05) is 16.3 Å². The van der Waals surface area contributed by atoms with Gasteiger partial charge in [-0.1, -0.05) is 17.7 Å². The van der Waals surface area contributed by atoms with Crippen molar-refractivity contribution < 1.29 is 4.79 Å². The van der Waals surface area contributed by atoms with E-state index in [1.165, 1.54) is 0 Å². The van der Waals surface area contributed by atoms with E-state index in [1.54, 1.807) is 17.4 Å². The van der Waals surface area contributed by atoms with Crippen LogP contribution in [-0.4, -0.2) is 6.03 Å². The molecule has 1 aromatic heterocycles. The number of nitrogens with one attached hydrogen (secondary N) is 2. The van der Waals surface area contributed by atoms with Gasteiger partial charge in [-0.15, -0.1) is 11.3 Å². The monoisotopic (exact) mass is 295 g/mol. The average Bonchev–Trinajstić information content (AvgIpc) is 2.75. The summed E-state index contributed by atoms with van der Waals surface area (Å²) in [7, 11) is 0. The summed E-state index contributed by atoms with van der Waals surface area (Å²) in [6.45, 7) is 2.05. The number of thiophene rings is 1. The minimum Gasteiger partial charge on any atom is -0.378 e. The fraction of sp³-hybridized carbons (Fsp3) is 0.154. The molecule has 0 saturated heterocycles. The molecule has 0 aliphatic carbocycles. The zero-order valence-corrected chi connectivity index (χ0v) is 11.9. The maximum atomic E-state index is 10.8. The first-order valence-electron chi connectivity index (χ1n) is 5.73. The van der Waals surface area contributed by atoms with E-state index in [-0.39, 0.29) is 6.04 Å². The Kier molecular flexibility index (Phi) is 4.29. The SMILES string of the molecule is CC(Nc1cccc(NC(N)=O)c1)c1ccc(Cl)s1. The first kappa shape index (κ1) is 13.7. The Morgan fingerprint density at radius 2 is 2.05 bits per heavy atom. The number of carbonyl (C=O) groups is 1. The van der Waals surface area contributed by atoms with Gasteiger partial charge in [-0.3, -0.25) is 0 Å². The molecule has 1 aromatic carbocycles. The molecule has 4 N–H and O–H groups in total. The van der Waals surface area contributed by atoms with E-state index in [2.05, 4.69) is 17.6 Å². The van der Waals surface area contributed by atoms with Crippen molar-refractivity contribution in [2.75, 3.05) is 10.6 Å². The molecule has 6 heteroatoms. The summed E-state index contributed by atoms with van der Waals surface area (Å²) < 4.78 is 0.771. The Balaban J connectivity index is 2.08. The van der Waals surface area contributed by atoms with Gasteiger partial charge in [0.2, 0.25) is 0 Å². The number of halogens is 1. The van der Waals surface area contributed by atoms with Crippen LogP contribution in [0.25, 0.3) is 0 Å². The highest BCUT2D eigenvalue weighted by atomic mass is 35.5. The van der Waals surface area contributed by atoms with Crippen molar-refractivity contribution in [3.05, 3.63) is 45.6 Å². The van der Waals surface area contributed by atoms with Gasteiger partial charge in [0.15, 0.2) is 0 Å². The summed E-state index contributed by atoms with van der Waals surface area (Å²) in [6.07, 6.45) is 0. The minimum absolute atomic E-state index is 0.140. The number of benzene rings is 1. The number of anilines is 2. The predicted octanol–water partition coefficient (Wildman–Crippen LogP) is 4.07. The van der Waals surface area contributed by atoms with Gasteiger partial charge in [-0.2, -0.15) is 0 Å². The van der Waals surface area contributed by atoms with Crippen LogP contribution in [0.5, 0.6) is 0 Å². The first-order valence-corrected chi connectivity index (χ1v) is 6.92. The molecule has 0 aliphatic heterocycles. The van der Waals surface area contributed by atoms with E-state index in [0.717, 1.165) is 14.9 Å². The highest BCUT2D eigenvalue weighted by molar-refractivity contribution is 7.16. The van der Waals surface area contributed by atoms with Gasteiger partial charge in [-0.05, 0) is 37.3 Å². The summed E-state index contributed by atoms with van der Waals surface area (Å²) in [5.41, 5.74) is 6.65. The van der Waals surface area contributed by atoms with E-state index in [4.69, 9.17) is 17.3 Å². The quantitative estimate of drug-likeness (QED) is 0.796. The van der Waals surface area contributed by atoms with Crippen LogP contribution in [-0.2, 0) is 0 Å². The number of amides is 2. The third kappa shape index (κ3) is 3.87. The second-order valence-electron chi connectivity index (χ2n) is 4.08. The van der Waals surface area contributed by atoms with E-state index in [1.807, 2.05) is 30.3 Å². The molecular formula is C13H14ClN3OS. The van der Waals surface area contributed by atoms with Crippen molar-refractivity contribution in [1.82, 2.24) is 0 Å². The van der Waals surface area contributed by atoms with Crippen LogP contribution in [0.2, 0.25) is 4.34 Å². The fourth-order valence-electron chi connectivity index (χ4n) is 1.71. The number of urea groups is 1. The molecule has 19 heavy (non-hydrogen) atoms. The van der Waals surface area contributed by atoms with Crippen molar-refractivity contribution in [3.8, 4) is 0 Å². The molecule has 1 atom stereocenters. The summed E-state index contributed by atoms with van der Waals surface area (Å²) >= 11 is 7.46.